The van der Waals surface area contributed by atoms with Crippen molar-refractivity contribution in [2.24, 2.45) is 0 Å². The Morgan fingerprint density at radius 1 is 0.850 bits per heavy atom. The number of allylic oxidation sites excluding steroid dienone is 1. The Kier molecular flexibility index (Phi) is 5.17. The first kappa shape index (κ1) is 15.0. The molecule has 3 aromatic rings. The number of fused-ring (bicyclic) bond motifs is 1. The maximum Gasteiger partial charge on any atom is 0 e. The zero-order valence-electron chi connectivity index (χ0n) is 11.2. The van der Waals surface area contributed by atoms with Crippen molar-refractivity contribution in [2.45, 2.75) is 0 Å². The summed E-state index contributed by atoms with van der Waals surface area (Å²) in [6.45, 7) is 3.94. The first-order valence-corrected chi connectivity index (χ1v) is 6.35. The smallest absolute Gasteiger partial charge is 0 e. The van der Waals surface area contributed by atoms with Crippen LogP contribution < -0.4 is 0 Å². The molecule has 0 aliphatic carbocycles. The molecule has 0 aliphatic heterocycles. The molecule has 0 bridgehead atoms. The van der Waals surface area contributed by atoms with Gasteiger partial charge in [0.2, 0.25) is 0 Å². The van der Waals surface area contributed by atoms with Crippen LogP contribution in [0.15, 0.2) is 72.8 Å². The summed E-state index contributed by atoms with van der Waals surface area (Å²) < 4.78 is 0. The first-order chi connectivity index (χ1) is 9.38. The summed E-state index contributed by atoms with van der Waals surface area (Å²) in [7, 11) is 0. The summed E-state index contributed by atoms with van der Waals surface area (Å²) in [5.74, 6) is 0. The van der Waals surface area contributed by atoms with Gasteiger partial charge in [0.25, 0.3) is 0 Å². The maximum atomic E-state index is 3.94. The molecule has 0 spiro atoms. The fourth-order valence-corrected chi connectivity index (χ4v) is 2.27. The van der Waals surface area contributed by atoms with Gasteiger partial charge in [-0.25, -0.2) is 6.92 Å². The molecular weight excluding hydrogens is 317 g/mol. The molecule has 0 nitrogen and oxygen atoms in total. The third-order valence-corrected chi connectivity index (χ3v) is 3.24. The second-order valence-electron chi connectivity index (χ2n) is 4.44. The monoisotopic (exact) mass is 331 g/mol. The fraction of sp³-hybridized carbons (Fsp3) is 0. The van der Waals surface area contributed by atoms with Crippen LogP contribution in [0, 0.1) is 13.0 Å². The summed E-state index contributed by atoms with van der Waals surface area (Å²) in [4.78, 5) is 0. The predicted molar refractivity (Wildman–Crippen MR) is 81.7 cm³/mol. The molecule has 1 radical (unpaired) electrons. The van der Waals surface area contributed by atoms with Gasteiger partial charge in [-0.15, -0.1) is 35.2 Å². The van der Waals surface area contributed by atoms with Crippen molar-refractivity contribution >= 4 is 16.3 Å². The van der Waals surface area contributed by atoms with Gasteiger partial charge in [-0.2, -0.15) is 6.08 Å². The van der Waals surface area contributed by atoms with E-state index < -0.39 is 0 Å². The van der Waals surface area contributed by atoms with Gasteiger partial charge in [0, 0.05) is 32.7 Å². The van der Waals surface area contributed by atoms with Crippen LogP contribution in [0.3, 0.4) is 0 Å². The zero-order chi connectivity index (χ0) is 13.1. The Bertz CT molecular complexity index is 727. The summed E-state index contributed by atoms with van der Waals surface area (Å²) in [5, 5.41) is 2.35. The molecule has 0 aromatic heterocycles. The Hall–Kier alpha value is -1.37. The average molecular weight is 331 g/mol. The molecule has 1 heteroatoms. The fourth-order valence-electron chi connectivity index (χ4n) is 2.27. The first-order valence-electron chi connectivity index (χ1n) is 6.35. The van der Waals surface area contributed by atoms with Gasteiger partial charge < -0.3 is 0 Å². The van der Waals surface area contributed by atoms with E-state index in [1.54, 1.807) is 0 Å². The van der Waals surface area contributed by atoms with Crippen LogP contribution in [0.2, 0.25) is 0 Å². The van der Waals surface area contributed by atoms with Gasteiger partial charge in [-0.3, -0.25) is 0 Å². The number of hydrogen-bond donors (Lipinski definition) is 0. The molecule has 0 amide bonds. The Morgan fingerprint density at radius 3 is 2.30 bits per heavy atom. The Morgan fingerprint density at radius 2 is 1.55 bits per heavy atom. The van der Waals surface area contributed by atoms with Gasteiger partial charge in [0.1, 0.15) is 0 Å². The molecule has 0 fully saturated rings. The SMILES string of the molecule is [CH2-]/C=C(\c1[c-]c2ccccc2cc1)c1ccccc1.[Y]. The molecule has 0 heterocycles. The van der Waals surface area contributed by atoms with E-state index in [-0.39, 0.29) is 32.7 Å². The Labute approximate surface area is 145 Å². The summed E-state index contributed by atoms with van der Waals surface area (Å²) in [5.41, 5.74) is 3.37. The van der Waals surface area contributed by atoms with Crippen LogP contribution in [0.25, 0.3) is 16.3 Å². The molecule has 95 valence electrons. The van der Waals surface area contributed by atoms with Crippen LogP contribution in [-0.2, 0) is 32.7 Å². The normalized spacial score (nSPS) is 11.1. The topological polar surface area (TPSA) is 0 Å². The zero-order valence-corrected chi connectivity index (χ0v) is 14.1. The minimum absolute atomic E-state index is 0. The molecule has 0 saturated heterocycles. The van der Waals surface area contributed by atoms with Crippen LogP contribution in [0.4, 0.5) is 0 Å². The minimum Gasteiger partial charge on any atom is -0.234 e. The van der Waals surface area contributed by atoms with Gasteiger partial charge in [0.05, 0.1) is 0 Å². The van der Waals surface area contributed by atoms with Crippen molar-refractivity contribution in [2.75, 3.05) is 0 Å². The van der Waals surface area contributed by atoms with Crippen molar-refractivity contribution in [3.63, 3.8) is 0 Å². The Balaban J connectivity index is 0.00000147. The summed E-state index contributed by atoms with van der Waals surface area (Å²) in [6.07, 6.45) is 1.90. The van der Waals surface area contributed by atoms with Crippen molar-refractivity contribution in [1.82, 2.24) is 0 Å². The van der Waals surface area contributed by atoms with E-state index in [4.69, 9.17) is 0 Å². The minimum atomic E-state index is 0. The summed E-state index contributed by atoms with van der Waals surface area (Å²) in [6, 6.07) is 26.3. The molecular formula is C19H14Y-2. The molecule has 0 aliphatic rings. The van der Waals surface area contributed by atoms with Crippen LogP contribution in [0.1, 0.15) is 11.1 Å². The van der Waals surface area contributed by atoms with E-state index in [0.29, 0.717) is 0 Å². The number of benzene rings is 3. The third kappa shape index (κ3) is 3.03. The number of rotatable bonds is 2. The molecule has 0 atom stereocenters. The number of hydrogen-bond acceptors (Lipinski definition) is 0. The maximum absolute atomic E-state index is 3.94. The van der Waals surface area contributed by atoms with E-state index in [0.717, 1.165) is 16.5 Å². The van der Waals surface area contributed by atoms with Gasteiger partial charge in [-0.1, -0.05) is 65.1 Å². The van der Waals surface area contributed by atoms with Crippen molar-refractivity contribution in [3.05, 3.63) is 96.9 Å². The van der Waals surface area contributed by atoms with Gasteiger partial charge >= 0.3 is 0 Å². The van der Waals surface area contributed by atoms with Gasteiger partial charge in [0.15, 0.2) is 0 Å². The van der Waals surface area contributed by atoms with Crippen molar-refractivity contribution in [1.29, 1.82) is 0 Å². The van der Waals surface area contributed by atoms with Crippen LogP contribution in [0.5, 0.6) is 0 Å². The van der Waals surface area contributed by atoms with Crippen molar-refractivity contribution < 1.29 is 32.7 Å². The van der Waals surface area contributed by atoms with E-state index in [1.807, 2.05) is 36.4 Å². The second-order valence-corrected chi connectivity index (χ2v) is 4.44. The standard InChI is InChI=1S/C19H14.Y/c1-2-19(16-9-4-3-5-10-16)18-13-12-15-8-6-7-11-17(15)14-18;/h2-13H,1H2;/q-2;/b19-2-;. The molecule has 0 unspecified atom stereocenters. The van der Waals surface area contributed by atoms with E-state index in [9.17, 15) is 0 Å². The van der Waals surface area contributed by atoms with Crippen LogP contribution >= 0.6 is 0 Å². The van der Waals surface area contributed by atoms with E-state index in [2.05, 4.69) is 49.4 Å². The molecule has 3 rings (SSSR count). The van der Waals surface area contributed by atoms with E-state index in [1.165, 1.54) is 10.9 Å². The van der Waals surface area contributed by atoms with Gasteiger partial charge in [-0.05, 0) is 0 Å². The second kappa shape index (κ2) is 6.88. The molecule has 0 N–H and O–H groups in total. The quantitative estimate of drug-likeness (QED) is 0.586. The summed E-state index contributed by atoms with van der Waals surface area (Å²) >= 11 is 0. The molecule has 3 aromatic carbocycles. The molecule has 0 saturated carbocycles. The predicted octanol–water partition coefficient (Wildman–Crippen LogP) is 4.90. The third-order valence-electron chi connectivity index (χ3n) is 3.24. The van der Waals surface area contributed by atoms with Crippen LogP contribution in [-0.4, -0.2) is 0 Å². The van der Waals surface area contributed by atoms with E-state index >= 15 is 0 Å². The largest absolute Gasteiger partial charge is 0.234 e. The average Bonchev–Trinajstić information content (AvgIpc) is 2.49. The molecule has 20 heavy (non-hydrogen) atoms. The van der Waals surface area contributed by atoms with Crippen molar-refractivity contribution in [3.8, 4) is 0 Å².